The molecule has 4 nitrogen and oxygen atoms in total. The first-order valence-corrected chi connectivity index (χ1v) is 10.0. The monoisotopic (exact) mass is 358 g/mol. The van der Waals surface area contributed by atoms with Crippen LogP contribution in [0.5, 0.6) is 11.5 Å². The van der Waals surface area contributed by atoms with Gasteiger partial charge in [-0.1, -0.05) is 13.0 Å². The Kier molecular flexibility index (Phi) is 4.40. The number of hydrogen-bond acceptors (Lipinski definition) is 4. The normalized spacial score (nSPS) is 37.8. The zero-order valence-electron chi connectivity index (χ0n) is 16.3. The number of carbonyl (C=O) groups excluding carboxylic acids is 1. The third-order valence-electron chi connectivity index (χ3n) is 7.41. The molecule has 6 atom stereocenters. The fourth-order valence-corrected chi connectivity index (χ4v) is 6.35. The largest absolute Gasteiger partial charge is 0.497 e. The molecule has 0 amide bonds. The lowest BCUT2D eigenvalue weighted by Crippen LogP contribution is -2.50. The minimum Gasteiger partial charge on any atom is -0.497 e. The van der Waals surface area contributed by atoms with Crippen LogP contribution in [0.2, 0.25) is 0 Å². The Balaban J connectivity index is 1.69. The molecule has 1 aromatic rings. The van der Waals surface area contributed by atoms with Gasteiger partial charge in [0.2, 0.25) is 0 Å². The molecule has 2 saturated carbocycles. The van der Waals surface area contributed by atoms with E-state index in [1.54, 1.807) is 7.11 Å². The predicted octanol–water partition coefficient (Wildman–Crippen LogP) is 4.71. The summed E-state index contributed by atoms with van der Waals surface area (Å²) in [6.07, 6.45) is 5.70. The molecule has 0 N–H and O–H groups in total. The Morgan fingerprint density at radius 3 is 2.81 bits per heavy atom. The number of esters is 1. The maximum atomic E-state index is 11.6. The average Bonchev–Trinajstić information content (AvgIpc) is 2.99. The number of benzene rings is 1. The van der Waals surface area contributed by atoms with Crippen LogP contribution >= 0.6 is 0 Å². The quantitative estimate of drug-likeness (QED) is 0.734. The minimum atomic E-state index is -0.143. The van der Waals surface area contributed by atoms with Crippen molar-refractivity contribution in [3.8, 4) is 11.5 Å². The summed E-state index contributed by atoms with van der Waals surface area (Å²) >= 11 is 0. The number of ether oxygens (including phenoxy) is 3. The lowest BCUT2D eigenvalue weighted by atomic mass is 9.55. The summed E-state index contributed by atoms with van der Waals surface area (Å²) in [5.41, 5.74) is 1.45. The molecule has 0 spiro atoms. The minimum absolute atomic E-state index is 0.0698. The van der Waals surface area contributed by atoms with Gasteiger partial charge in [-0.2, -0.15) is 0 Å². The van der Waals surface area contributed by atoms with E-state index in [9.17, 15) is 4.79 Å². The molecular formula is C22H30O4. The summed E-state index contributed by atoms with van der Waals surface area (Å²) in [4.78, 5) is 11.6. The highest BCUT2D eigenvalue weighted by atomic mass is 16.5. The second kappa shape index (κ2) is 6.47. The predicted molar refractivity (Wildman–Crippen MR) is 99.6 cm³/mol. The zero-order valence-corrected chi connectivity index (χ0v) is 16.3. The molecule has 0 unspecified atom stereocenters. The molecule has 1 aromatic carbocycles. The van der Waals surface area contributed by atoms with Crippen LogP contribution in [0.4, 0.5) is 0 Å². The van der Waals surface area contributed by atoms with Crippen LogP contribution in [0.1, 0.15) is 64.4 Å². The summed E-state index contributed by atoms with van der Waals surface area (Å²) in [6, 6.07) is 6.27. The van der Waals surface area contributed by atoms with Crippen LogP contribution in [-0.2, 0) is 9.53 Å². The van der Waals surface area contributed by atoms with Gasteiger partial charge in [-0.25, -0.2) is 0 Å². The molecule has 4 rings (SSSR count). The molecule has 0 aromatic heterocycles. The molecule has 2 aliphatic carbocycles. The topological polar surface area (TPSA) is 44.8 Å². The van der Waals surface area contributed by atoms with E-state index in [0.717, 1.165) is 43.6 Å². The van der Waals surface area contributed by atoms with Crippen molar-refractivity contribution in [3.05, 3.63) is 23.8 Å². The summed E-state index contributed by atoms with van der Waals surface area (Å²) in [6.45, 7) is 6.02. The van der Waals surface area contributed by atoms with E-state index < -0.39 is 0 Å². The van der Waals surface area contributed by atoms with E-state index >= 15 is 0 Å². The Labute approximate surface area is 156 Å². The van der Waals surface area contributed by atoms with Crippen molar-refractivity contribution in [2.75, 3.05) is 7.11 Å². The molecule has 0 radical (unpaired) electrons. The van der Waals surface area contributed by atoms with Crippen LogP contribution in [0.25, 0.3) is 0 Å². The van der Waals surface area contributed by atoms with E-state index in [-0.39, 0.29) is 23.6 Å². The lowest BCUT2D eigenvalue weighted by molar-refractivity contribution is -0.157. The van der Waals surface area contributed by atoms with Gasteiger partial charge in [-0.05, 0) is 62.5 Å². The molecule has 142 valence electrons. The van der Waals surface area contributed by atoms with Crippen molar-refractivity contribution in [1.29, 1.82) is 0 Å². The Bertz CT molecular complexity index is 699. The molecule has 0 bridgehead atoms. The highest BCUT2D eigenvalue weighted by molar-refractivity contribution is 5.66. The smallest absolute Gasteiger partial charge is 0.302 e. The molecule has 3 aliphatic rings. The van der Waals surface area contributed by atoms with Crippen molar-refractivity contribution >= 4 is 5.97 Å². The highest BCUT2D eigenvalue weighted by Crippen LogP contribution is 2.63. The first-order valence-electron chi connectivity index (χ1n) is 10.0. The Morgan fingerprint density at radius 1 is 1.31 bits per heavy atom. The maximum absolute atomic E-state index is 11.6. The van der Waals surface area contributed by atoms with Crippen molar-refractivity contribution < 1.29 is 19.0 Å². The van der Waals surface area contributed by atoms with Gasteiger partial charge in [0.1, 0.15) is 17.6 Å². The average molecular weight is 358 g/mol. The van der Waals surface area contributed by atoms with Gasteiger partial charge >= 0.3 is 5.97 Å². The number of hydrogen-bond donors (Lipinski definition) is 0. The van der Waals surface area contributed by atoms with Crippen LogP contribution in [0.3, 0.4) is 0 Å². The van der Waals surface area contributed by atoms with Gasteiger partial charge in [-0.15, -0.1) is 0 Å². The molecule has 26 heavy (non-hydrogen) atoms. The summed E-state index contributed by atoms with van der Waals surface area (Å²) in [5, 5.41) is 0. The van der Waals surface area contributed by atoms with Crippen molar-refractivity contribution in [1.82, 2.24) is 0 Å². The van der Waals surface area contributed by atoms with Gasteiger partial charge in [-0.3, -0.25) is 4.79 Å². The van der Waals surface area contributed by atoms with Crippen LogP contribution in [0.15, 0.2) is 18.2 Å². The molecule has 0 saturated heterocycles. The molecule has 2 fully saturated rings. The fraction of sp³-hybridized carbons (Fsp3) is 0.682. The fourth-order valence-electron chi connectivity index (χ4n) is 6.35. The Hall–Kier alpha value is -1.71. The molecule has 1 heterocycles. The van der Waals surface area contributed by atoms with Crippen molar-refractivity contribution in [2.24, 2.45) is 17.3 Å². The zero-order chi connectivity index (χ0) is 18.5. The second-order valence-corrected chi connectivity index (χ2v) is 8.32. The summed E-state index contributed by atoms with van der Waals surface area (Å²) in [5.74, 6) is 3.27. The third kappa shape index (κ3) is 2.52. The maximum Gasteiger partial charge on any atom is 0.302 e. The van der Waals surface area contributed by atoms with Crippen LogP contribution in [0, 0.1) is 17.3 Å². The highest BCUT2D eigenvalue weighted by Gasteiger charge is 2.59. The van der Waals surface area contributed by atoms with Crippen molar-refractivity contribution in [2.45, 2.75) is 71.0 Å². The molecule has 1 aliphatic heterocycles. The van der Waals surface area contributed by atoms with Crippen LogP contribution < -0.4 is 9.47 Å². The molecule has 4 heteroatoms. The first-order chi connectivity index (χ1) is 12.5. The van der Waals surface area contributed by atoms with E-state index in [2.05, 4.69) is 19.9 Å². The lowest BCUT2D eigenvalue weighted by Gasteiger charge is -2.53. The van der Waals surface area contributed by atoms with E-state index in [4.69, 9.17) is 14.2 Å². The number of rotatable bonds is 3. The van der Waals surface area contributed by atoms with E-state index in [1.807, 2.05) is 12.1 Å². The standard InChI is InChI=1S/C22H30O4/c1-5-22-11-10-17-16-7-6-15(24-4)12-19(16)25-13(2)21(17)18(22)8-9-20(22)26-14(3)23/h6-7,12-13,17-18,20-21H,5,8-11H2,1-4H3/t13-,17+,18-,20-,21-,22-/m0/s1. The summed E-state index contributed by atoms with van der Waals surface area (Å²) < 4.78 is 17.5. The van der Waals surface area contributed by atoms with Crippen LogP contribution in [-0.4, -0.2) is 25.3 Å². The SMILES string of the molecule is CC[C@]12CC[C@@H]3c4ccc(OC)cc4O[C@@H](C)[C@@H]3[C@@H]1CC[C@@H]2OC(C)=O. The van der Waals surface area contributed by atoms with Gasteiger partial charge in [0.25, 0.3) is 0 Å². The number of carbonyl (C=O) groups is 1. The van der Waals surface area contributed by atoms with Crippen molar-refractivity contribution in [3.63, 3.8) is 0 Å². The Morgan fingerprint density at radius 2 is 2.12 bits per heavy atom. The number of methoxy groups -OCH3 is 1. The van der Waals surface area contributed by atoms with E-state index in [1.165, 1.54) is 12.5 Å². The second-order valence-electron chi connectivity index (χ2n) is 8.32. The van der Waals surface area contributed by atoms with Gasteiger partial charge in [0, 0.05) is 24.3 Å². The van der Waals surface area contributed by atoms with Gasteiger partial charge in [0.15, 0.2) is 0 Å². The summed E-state index contributed by atoms with van der Waals surface area (Å²) in [7, 11) is 1.70. The first kappa shape index (κ1) is 17.7. The van der Waals surface area contributed by atoms with Gasteiger partial charge < -0.3 is 14.2 Å². The third-order valence-corrected chi connectivity index (χ3v) is 7.41. The number of fused-ring (bicyclic) bond motifs is 5. The van der Waals surface area contributed by atoms with Gasteiger partial charge in [0.05, 0.1) is 13.2 Å². The molecular weight excluding hydrogens is 328 g/mol. The van der Waals surface area contributed by atoms with E-state index in [0.29, 0.717) is 17.8 Å².